The highest BCUT2D eigenvalue weighted by Crippen LogP contribution is 2.38. The average molecular weight is 262 g/mol. The largest absolute Gasteiger partial charge is 0.511 e. The van der Waals surface area contributed by atoms with Gasteiger partial charge in [0.15, 0.2) is 6.61 Å². The molecule has 1 aliphatic rings. The topological polar surface area (TPSA) is 44.8 Å². The molecule has 1 rings (SSSR count). The molecule has 0 aromatic carbocycles. The van der Waals surface area contributed by atoms with Crippen LogP contribution in [-0.4, -0.2) is 37.8 Å². The lowest BCUT2D eigenvalue weighted by atomic mass is 10.3. The Morgan fingerprint density at radius 2 is 2.12 bits per heavy atom. The summed E-state index contributed by atoms with van der Waals surface area (Å²) in [5.74, 6) is -3.23. The molecule has 9 heteroatoms. The predicted octanol–water partition coefficient (Wildman–Crippen LogP) is 2.25. The van der Waals surface area contributed by atoms with Crippen LogP contribution in [0.1, 0.15) is 0 Å². The van der Waals surface area contributed by atoms with Gasteiger partial charge in [0.05, 0.1) is 6.61 Å². The standard InChI is InChI=1S/C8H7F5O4/c9-5(10)2-1-3-16-7(8(11,12)13)4-15-6(14)17-7/h1-2,5H,3-4H2. The lowest BCUT2D eigenvalue weighted by Gasteiger charge is -2.26. The maximum atomic E-state index is 12.5. The van der Waals surface area contributed by atoms with E-state index < -0.39 is 37.8 Å². The van der Waals surface area contributed by atoms with Crippen LogP contribution < -0.4 is 0 Å². The third-order valence-corrected chi connectivity index (χ3v) is 1.75. The van der Waals surface area contributed by atoms with Crippen molar-refractivity contribution in [3.05, 3.63) is 12.2 Å². The van der Waals surface area contributed by atoms with E-state index in [1.165, 1.54) is 0 Å². The van der Waals surface area contributed by atoms with Crippen LogP contribution in [-0.2, 0) is 14.2 Å². The summed E-state index contributed by atoms with van der Waals surface area (Å²) in [5, 5.41) is 0. The monoisotopic (exact) mass is 262 g/mol. The van der Waals surface area contributed by atoms with Crippen molar-refractivity contribution < 1.29 is 41.0 Å². The van der Waals surface area contributed by atoms with Gasteiger partial charge in [-0.15, -0.1) is 0 Å². The summed E-state index contributed by atoms with van der Waals surface area (Å²) in [4.78, 5) is 10.5. The lowest BCUT2D eigenvalue weighted by molar-refractivity contribution is -0.346. The first kappa shape index (κ1) is 13.7. The Bertz CT molecular complexity index is 314. The normalized spacial score (nSPS) is 25.4. The summed E-state index contributed by atoms with van der Waals surface area (Å²) < 4.78 is 73.0. The molecule has 0 radical (unpaired) electrons. The molecule has 17 heavy (non-hydrogen) atoms. The highest BCUT2D eigenvalue weighted by atomic mass is 19.4. The molecule has 0 aromatic heterocycles. The fraction of sp³-hybridized carbons (Fsp3) is 0.625. The number of carbonyl (C=O) groups excluding carboxylic acids is 1. The average Bonchev–Trinajstić information content (AvgIpc) is 2.55. The van der Waals surface area contributed by atoms with E-state index in [1.807, 2.05) is 0 Å². The summed E-state index contributed by atoms with van der Waals surface area (Å²) in [5.41, 5.74) is 0. The van der Waals surface area contributed by atoms with Crippen molar-refractivity contribution in [2.75, 3.05) is 13.2 Å². The minimum absolute atomic E-state index is 0.349. The Hall–Kier alpha value is -1.38. The first-order chi connectivity index (χ1) is 7.77. The molecule has 0 N–H and O–H groups in total. The zero-order chi connectivity index (χ0) is 13.1. The van der Waals surface area contributed by atoms with E-state index in [1.54, 1.807) is 0 Å². The Kier molecular flexibility index (Phi) is 3.91. The van der Waals surface area contributed by atoms with Crippen molar-refractivity contribution in [2.24, 2.45) is 0 Å². The predicted molar refractivity (Wildman–Crippen MR) is 42.3 cm³/mol. The van der Waals surface area contributed by atoms with Crippen molar-refractivity contribution in [1.82, 2.24) is 0 Å². The minimum Gasteiger partial charge on any atom is -0.427 e. The Balaban J connectivity index is 2.64. The number of alkyl halides is 5. The third kappa shape index (κ3) is 3.29. The molecule has 1 saturated heterocycles. The fourth-order valence-corrected chi connectivity index (χ4v) is 0.981. The molecule has 0 saturated carbocycles. The van der Waals surface area contributed by atoms with Gasteiger partial charge in [0.2, 0.25) is 0 Å². The molecule has 1 fully saturated rings. The van der Waals surface area contributed by atoms with Gasteiger partial charge in [-0.25, -0.2) is 13.6 Å². The molecule has 0 amide bonds. The van der Waals surface area contributed by atoms with Gasteiger partial charge < -0.3 is 14.2 Å². The van der Waals surface area contributed by atoms with Gasteiger partial charge in [-0.3, -0.25) is 0 Å². The maximum absolute atomic E-state index is 12.5. The molecule has 0 aromatic rings. The molecule has 1 unspecified atom stereocenters. The van der Waals surface area contributed by atoms with Crippen molar-refractivity contribution in [1.29, 1.82) is 0 Å². The van der Waals surface area contributed by atoms with Crippen LogP contribution in [0.3, 0.4) is 0 Å². The summed E-state index contributed by atoms with van der Waals surface area (Å²) in [7, 11) is 0. The quantitative estimate of drug-likeness (QED) is 0.443. The smallest absolute Gasteiger partial charge is 0.427 e. The van der Waals surface area contributed by atoms with Crippen LogP contribution in [0.25, 0.3) is 0 Å². The van der Waals surface area contributed by atoms with Crippen LogP contribution in [0, 0.1) is 0 Å². The van der Waals surface area contributed by atoms with Gasteiger partial charge in [0.1, 0.15) is 0 Å². The van der Waals surface area contributed by atoms with Crippen molar-refractivity contribution in [3.63, 3.8) is 0 Å². The van der Waals surface area contributed by atoms with Gasteiger partial charge in [-0.2, -0.15) is 13.2 Å². The first-order valence-electron chi connectivity index (χ1n) is 4.28. The Morgan fingerprint density at radius 3 is 2.53 bits per heavy atom. The molecular formula is C8H7F5O4. The van der Waals surface area contributed by atoms with Crippen molar-refractivity contribution >= 4 is 6.16 Å². The number of cyclic esters (lactones) is 2. The highest BCUT2D eigenvalue weighted by Gasteiger charge is 2.64. The Labute approximate surface area is 91.9 Å². The first-order valence-corrected chi connectivity index (χ1v) is 4.28. The molecule has 0 bridgehead atoms. The SMILES string of the molecule is O=C1OCC(OCC=CC(F)F)(C(F)(F)F)O1. The minimum atomic E-state index is -5.02. The molecule has 1 aliphatic heterocycles. The fourth-order valence-electron chi connectivity index (χ4n) is 0.981. The van der Waals surface area contributed by atoms with Crippen molar-refractivity contribution in [2.45, 2.75) is 18.4 Å². The number of allylic oxidation sites excluding steroid dienone is 1. The lowest BCUT2D eigenvalue weighted by Crippen LogP contribution is -2.50. The molecule has 1 heterocycles. The van der Waals surface area contributed by atoms with Crippen LogP contribution in [0.4, 0.5) is 26.7 Å². The number of hydrogen-bond donors (Lipinski definition) is 0. The van der Waals surface area contributed by atoms with Crippen LogP contribution in [0.15, 0.2) is 12.2 Å². The maximum Gasteiger partial charge on any atom is 0.511 e. The van der Waals surface area contributed by atoms with Gasteiger partial charge in [0, 0.05) is 0 Å². The van der Waals surface area contributed by atoms with Gasteiger partial charge in [0.25, 0.3) is 6.43 Å². The molecular weight excluding hydrogens is 255 g/mol. The van der Waals surface area contributed by atoms with E-state index in [0.717, 1.165) is 0 Å². The molecule has 0 spiro atoms. The summed E-state index contributed by atoms with van der Waals surface area (Å²) >= 11 is 0. The van der Waals surface area contributed by atoms with E-state index in [4.69, 9.17) is 0 Å². The van der Waals surface area contributed by atoms with Crippen molar-refractivity contribution in [3.8, 4) is 0 Å². The number of ether oxygens (including phenoxy) is 3. The molecule has 1 atom stereocenters. The zero-order valence-electron chi connectivity index (χ0n) is 8.17. The second-order valence-electron chi connectivity index (χ2n) is 2.97. The van der Waals surface area contributed by atoms with Gasteiger partial charge >= 0.3 is 18.1 Å². The second kappa shape index (κ2) is 4.86. The van der Waals surface area contributed by atoms with Gasteiger partial charge in [-0.1, -0.05) is 6.08 Å². The van der Waals surface area contributed by atoms with E-state index in [-0.39, 0.29) is 0 Å². The third-order valence-electron chi connectivity index (χ3n) is 1.75. The van der Waals surface area contributed by atoms with Crippen LogP contribution in [0.2, 0.25) is 0 Å². The highest BCUT2D eigenvalue weighted by molar-refractivity contribution is 5.62. The second-order valence-corrected chi connectivity index (χ2v) is 2.97. The van der Waals surface area contributed by atoms with E-state index in [2.05, 4.69) is 14.2 Å². The van der Waals surface area contributed by atoms with Gasteiger partial charge in [-0.05, 0) is 6.08 Å². The Morgan fingerprint density at radius 1 is 1.47 bits per heavy atom. The van der Waals surface area contributed by atoms with E-state index in [0.29, 0.717) is 12.2 Å². The summed E-state index contributed by atoms with van der Waals surface area (Å²) in [6, 6.07) is 0. The van der Waals surface area contributed by atoms with E-state index >= 15 is 0 Å². The number of rotatable bonds is 4. The zero-order valence-corrected chi connectivity index (χ0v) is 8.17. The van der Waals surface area contributed by atoms with Crippen LogP contribution in [0.5, 0.6) is 0 Å². The number of halogens is 5. The molecule has 0 aliphatic carbocycles. The van der Waals surface area contributed by atoms with Crippen LogP contribution >= 0.6 is 0 Å². The summed E-state index contributed by atoms with van der Waals surface area (Å²) in [6.07, 6.45) is -8.31. The summed E-state index contributed by atoms with van der Waals surface area (Å²) in [6.45, 7) is -1.96. The van der Waals surface area contributed by atoms with E-state index in [9.17, 15) is 26.7 Å². The number of hydrogen-bond acceptors (Lipinski definition) is 4. The molecule has 98 valence electrons. The molecule has 4 nitrogen and oxygen atoms in total. The number of carbonyl (C=O) groups is 1.